The van der Waals surface area contributed by atoms with E-state index in [9.17, 15) is 0 Å². The minimum Gasteiger partial charge on any atom is -0.455 e. The van der Waals surface area contributed by atoms with Crippen molar-refractivity contribution in [2.45, 2.75) is 12.5 Å². The van der Waals surface area contributed by atoms with Crippen LogP contribution in [0.2, 0.25) is 0 Å². The number of rotatable bonds is 5. The topological polar surface area (TPSA) is 28.7 Å². The summed E-state index contributed by atoms with van der Waals surface area (Å²) in [5.41, 5.74) is 4.40. The first kappa shape index (κ1) is 19.6. The van der Waals surface area contributed by atoms with Gasteiger partial charge in [-0.25, -0.2) is 0 Å². The Morgan fingerprint density at radius 2 is 1.52 bits per heavy atom. The lowest BCUT2D eigenvalue weighted by Crippen LogP contribution is -2.18. The standard InChI is InChI=1S/C27H21BrN2O/c28-22-14-11-20(12-15-22)13-16-24-17-18-27(31-24)25-19-26(21-7-3-1-4-8-21)30(29-25)23-9-5-2-6-10-23/h1-18,26H,19H2/b16-13+. The van der Waals surface area contributed by atoms with Crippen LogP contribution in [0.1, 0.15) is 35.1 Å². The molecular formula is C27H21BrN2O. The van der Waals surface area contributed by atoms with Crippen molar-refractivity contribution >= 4 is 39.5 Å². The van der Waals surface area contributed by atoms with Crippen LogP contribution in [0.3, 0.4) is 0 Å². The molecule has 1 aliphatic heterocycles. The van der Waals surface area contributed by atoms with Gasteiger partial charge in [-0.1, -0.05) is 82.7 Å². The molecule has 31 heavy (non-hydrogen) atoms. The second kappa shape index (κ2) is 8.78. The van der Waals surface area contributed by atoms with Crippen molar-refractivity contribution in [3.63, 3.8) is 0 Å². The second-order valence-corrected chi connectivity index (χ2v) is 8.36. The van der Waals surface area contributed by atoms with Crippen molar-refractivity contribution in [2.75, 3.05) is 5.01 Å². The molecule has 4 heteroatoms. The Morgan fingerprint density at radius 1 is 0.806 bits per heavy atom. The van der Waals surface area contributed by atoms with Crippen LogP contribution < -0.4 is 5.01 Å². The summed E-state index contributed by atoms with van der Waals surface area (Å²) < 4.78 is 7.20. The number of para-hydroxylation sites is 1. The van der Waals surface area contributed by atoms with Crippen molar-refractivity contribution in [1.29, 1.82) is 0 Å². The average Bonchev–Trinajstić information content (AvgIpc) is 3.47. The van der Waals surface area contributed by atoms with Crippen LogP contribution in [0, 0.1) is 0 Å². The minimum atomic E-state index is 0.144. The van der Waals surface area contributed by atoms with E-state index in [-0.39, 0.29) is 6.04 Å². The molecule has 3 nitrogen and oxygen atoms in total. The molecule has 5 rings (SSSR count). The zero-order chi connectivity index (χ0) is 21.0. The Bertz CT molecular complexity index is 1210. The molecule has 0 radical (unpaired) electrons. The summed E-state index contributed by atoms with van der Waals surface area (Å²) in [5.74, 6) is 1.63. The quantitative estimate of drug-likeness (QED) is 0.302. The number of hydrazone groups is 1. The lowest BCUT2D eigenvalue weighted by atomic mass is 10.0. The van der Waals surface area contributed by atoms with E-state index in [1.807, 2.05) is 54.6 Å². The summed E-state index contributed by atoms with van der Waals surface area (Å²) in [6.45, 7) is 0. The largest absolute Gasteiger partial charge is 0.455 e. The van der Waals surface area contributed by atoms with Gasteiger partial charge in [-0.2, -0.15) is 5.10 Å². The van der Waals surface area contributed by atoms with E-state index in [0.717, 1.165) is 39.4 Å². The third kappa shape index (κ3) is 4.39. The number of nitrogens with zero attached hydrogens (tertiary/aromatic N) is 2. The average molecular weight is 469 g/mol. The molecule has 0 bridgehead atoms. The normalized spacial score (nSPS) is 16.1. The van der Waals surface area contributed by atoms with E-state index >= 15 is 0 Å². The number of benzene rings is 3. The lowest BCUT2D eigenvalue weighted by Gasteiger charge is -2.23. The molecule has 1 atom stereocenters. The molecule has 1 aliphatic rings. The zero-order valence-corrected chi connectivity index (χ0v) is 18.4. The molecule has 1 aromatic heterocycles. The van der Waals surface area contributed by atoms with Gasteiger partial charge in [0.15, 0.2) is 5.76 Å². The van der Waals surface area contributed by atoms with E-state index in [0.29, 0.717) is 0 Å². The van der Waals surface area contributed by atoms with Crippen LogP contribution in [0.4, 0.5) is 5.69 Å². The summed E-state index contributed by atoms with van der Waals surface area (Å²) >= 11 is 3.47. The summed E-state index contributed by atoms with van der Waals surface area (Å²) in [7, 11) is 0. The van der Waals surface area contributed by atoms with E-state index in [1.165, 1.54) is 5.56 Å². The number of anilines is 1. The molecule has 0 amide bonds. The van der Waals surface area contributed by atoms with Gasteiger partial charge in [-0.05, 0) is 53.6 Å². The molecule has 1 unspecified atom stereocenters. The highest BCUT2D eigenvalue weighted by Gasteiger charge is 2.31. The Morgan fingerprint density at radius 3 is 2.26 bits per heavy atom. The Balaban J connectivity index is 1.41. The molecule has 0 saturated heterocycles. The van der Waals surface area contributed by atoms with Gasteiger partial charge in [0.1, 0.15) is 11.5 Å². The summed E-state index contributed by atoms with van der Waals surface area (Å²) in [4.78, 5) is 0. The maximum Gasteiger partial charge on any atom is 0.150 e. The highest BCUT2D eigenvalue weighted by molar-refractivity contribution is 9.10. The maximum absolute atomic E-state index is 6.13. The minimum absolute atomic E-state index is 0.144. The number of hydrogen-bond donors (Lipinski definition) is 0. The van der Waals surface area contributed by atoms with E-state index < -0.39 is 0 Å². The SMILES string of the molecule is Brc1ccc(/C=C/c2ccc(C3=NN(c4ccccc4)C(c4ccccc4)C3)o2)cc1. The first-order chi connectivity index (χ1) is 15.3. The van der Waals surface area contributed by atoms with Gasteiger partial charge in [-0.3, -0.25) is 5.01 Å². The van der Waals surface area contributed by atoms with Crippen LogP contribution >= 0.6 is 15.9 Å². The van der Waals surface area contributed by atoms with Gasteiger partial charge >= 0.3 is 0 Å². The molecule has 0 spiro atoms. The van der Waals surface area contributed by atoms with Crippen molar-refractivity contribution in [3.05, 3.63) is 124 Å². The van der Waals surface area contributed by atoms with E-state index in [4.69, 9.17) is 9.52 Å². The number of hydrogen-bond acceptors (Lipinski definition) is 3. The first-order valence-corrected chi connectivity index (χ1v) is 11.1. The lowest BCUT2D eigenvalue weighted by molar-refractivity contribution is 0.546. The van der Waals surface area contributed by atoms with Gasteiger partial charge in [0.05, 0.1) is 11.7 Å². The highest BCUT2D eigenvalue weighted by atomic mass is 79.9. The molecule has 0 N–H and O–H groups in total. The van der Waals surface area contributed by atoms with Crippen molar-refractivity contribution < 1.29 is 4.42 Å². The predicted molar refractivity (Wildman–Crippen MR) is 131 cm³/mol. The first-order valence-electron chi connectivity index (χ1n) is 10.3. The van der Waals surface area contributed by atoms with Crippen LogP contribution in [-0.4, -0.2) is 5.71 Å². The fourth-order valence-corrected chi connectivity index (χ4v) is 4.03. The molecule has 2 heterocycles. The van der Waals surface area contributed by atoms with Crippen molar-refractivity contribution in [1.82, 2.24) is 0 Å². The molecule has 3 aromatic carbocycles. The molecule has 0 fully saturated rings. The third-order valence-corrected chi connectivity index (χ3v) is 5.87. The molecule has 152 valence electrons. The number of halogens is 1. The summed E-state index contributed by atoms with van der Waals surface area (Å²) in [6, 6.07) is 33.2. The Labute approximate surface area is 190 Å². The van der Waals surface area contributed by atoms with Crippen LogP contribution in [0.5, 0.6) is 0 Å². The van der Waals surface area contributed by atoms with Gasteiger partial charge in [0.25, 0.3) is 0 Å². The Hall–Kier alpha value is -3.37. The van der Waals surface area contributed by atoms with E-state index in [1.54, 1.807) is 0 Å². The monoisotopic (exact) mass is 468 g/mol. The van der Waals surface area contributed by atoms with Gasteiger partial charge in [0.2, 0.25) is 0 Å². The summed E-state index contributed by atoms with van der Waals surface area (Å²) in [5, 5.41) is 7.06. The van der Waals surface area contributed by atoms with Gasteiger partial charge < -0.3 is 4.42 Å². The summed E-state index contributed by atoms with van der Waals surface area (Å²) in [6.07, 6.45) is 4.84. The van der Waals surface area contributed by atoms with Gasteiger partial charge in [0, 0.05) is 10.9 Å². The predicted octanol–water partition coefficient (Wildman–Crippen LogP) is 7.57. The van der Waals surface area contributed by atoms with Gasteiger partial charge in [-0.15, -0.1) is 0 Å². The molecule has 0 saturated carbocycles. The van der Waals surface area contributed by atoms with Crippen molar-refractivity contribution in [2.24, 2.45) is 5.10 Å². The molecular weight excluding hydrogens is 448 g/mol. The van der Waals surface area contributed by atoms with Crippen LogP contribution in [0.15, 0.2) is 111 Å². The molecule has 4 aromatic rings. The van der Waals surface area contributed by atoms with Crippen LogP contribution in [0.25, 0.3) is 12.2 Å². The Kier molecular flexibility index (Phi) is 5.55. The fraction of sp³-hybridized carbons (Fsp3) is 0.0741. The smallest absolute Gasteiger partial charge is 0.150 e. The zero-order valence-electron chi connectivity index (χ0n) is 16.9. The fourth-order valence-electron chi connectivity index (χ4n) is 3.76. The van der Waals surface area contributed by atoms with Crippen molar-refractivity contribution in [3.8, 4) is 0 Å². The van der Waals surface area contributed by atoms with E-state index in [2.05, 4.69) is 75.5 Å². The molecule has 0 aliphatic carbocycles. The third-order valence-electron chi connectivity index (χ3n) is 5.34. The number of furan rings is 1. The second-order valence-electron chi connectivity index (χ2n) is 7.44. The highest BCUT2D eigenvalue weighted by Crippen LogP contribution is 2.36. The van der Waals surface area contributed by atoms with Crippen LogP contribution in [-0.2, 0) is 0 Å². The maximum atomic E-state index is 6.13.